The van der Waals surface area contributed by atoms with Crippen molar-refractivity contribution in [1.29, 1.82) is 0 Å². The maximum absolute atomic E-state index is 9.46. The average Bonchev–Trinajstić information content (AvgIpc) is 2.90. The first kappa shape index (κ1) is 13.1. The Labute approximate surface area is 114 Å². The average molecular weight is 264 g/mol. The summed E-state index contributed by atoms with van der Waals surface area (Å²) < 4.78 is 2.28. The molecule has 1 fully saturated rings. The van der Waals surface area contributed by atoms with Crippen molar-refractivity contribution in [2.45, 2.75) is 57.5 Å². The molecule has 1 aromatic heterocycles. The number of aliphatic hydroxyl groups excluding tert-OH is 1. The quantitative estimate of drug-likeness (QED) is 0.902. The lowest BCUT2D eigenvalue weighted by Gasteiger charge is -2.35. The van der Waals surface area contributed by atoms with Crippen molar-refractivity contribution in [2.75, 3.05) is 19.7 Å². The number of aliphatic hydroxyl groups is 1. The van der Waals surface area contributed by atoms with Crippen molar-refractivity contribution < 1.29 is 5.11 Å². The van der Waals surface area contributed by atoms with E-state index < -0.39 is 0 Å². The highest BCUT2D eigenvalue weighted by Crippen LogP contribution is 2.33. The summed E-state index contributed by atoms with van der Waals surface area (Å²) in [4.78, 5) is 2.52. The first-order chi connectivity index (χ1) is 9.35. The Morgan fingerprint density at radius 1 is 1.11 bits per heavy atom. The van der Waals surface area contributed by atoms with Crippen LogP contribution in [0, 0.1) is 0 Å². The zero-order valence-corrected chi connectivity index (χ0v) is 11.8. The van der Waals surface area contributed by atoms with Crippen molar-refractivity contribution in [1.82, 2.24) is 19.7 Å². The standard InChI is InChI=1S/C14H24N4O/c1-2-17-8-4-3-7-12(17)14-16-15-13-11(10-19)6-5-9-18(13)14/h11-12,19H,2-10H2,1H3. The summed E-state index contributed by atoms with van der Waals surface area (Å²) in [6.45, 7) is 5.69. The maximum Gasteiger partial charge on any atom is 0.150 e. The second kappa shape index (κ2) is 5.59. The van der Waals surface area contributed by atoms with Crippen LogP contribution in [0.4, 0.5) is 0 Å². The number of fused-ring (bicyclic) bond motifs is 1. The minimum absolute atomic E-state index is 0.189. The summed E-state index contributed by atoms with van der Waals surface area (Å²) in [6.07, 6.45) is 5.94. The van der Waals surface area contributed by atoms with Gasteiger partial charge in [-0.15, -0.1) is 10.2 Å². The van der Waals surface area contributed by atoms with Crippen molar-refractivity contribution in [3.63, 3.8) is 0 Å². The van der Waals surface area contributed by atoms with Gasteiger partial charge in [0.25, 0.3) is 0 Å². The van der Waals surface area contributed by atoms with Crippen LogP contribution in [-0.2, 0) is 6.54 Å². The molecule has 1 saturated heterocycles. The van der Waals surface area contributed by atoms with E-state index in [0.29, 0.717) is 6.04 Å². The molecule has 2 aliphatic rings. The molecule has 0 aliphatic carbocycles. The third kappa shape index (κ3) is 2.30. The van der Waals surface area contributed by atoms with Gasteiger partial charge in [-0.1, -0.05) is 13.3 Å². The number of piperidine rings is 1. The van der Waals surface area contributed by atoms with Crippen LogP contribution in [0.2, 0.25) is 0 Å². The Morgan fingerprint density at radius 2 is 1.95 bits per heavy atom. The van der Waals surface area contributed by atoms with Gasteiger partial charge < -0.3 is 9.67 Å². The highest BCUT2D eigenvalue weighted by Gasteiger charge is 2.31. The molecular weight excluding hydrogens is 240 g/mol. The predicted octanol–water partition coefficient (Wildman–Crippen LogP) is 1.69. The van der Waals surface area contributed by atoms with Crippen molar-refractivity contribution in [3.05, 3.63) is 11.6 Å². The Bertz CT molecular complexity index is 431. The Balaban J connectivity index is 1.90. The summed E-state index contributed by atoms with van der Waals surface area (Å²) in [5, 5.41) is 18.3. The Morgan fingerprint density at radius 3 is 2.74 bits per heavy atom. The first-order valence-corrected chi connectivity index (χ1v) is 7.63. The molecule has 2 atom stereocenters. The minimum atomic E-state index is 0.189. The zero-order chi connectivity index (χ0) is 13.2. The van der Waals surface area contributed by atoms with Crippen molar-refractivity contribution in [2.24, 2.45) is 0 Å². The smallest absolute Gasteiger partial charge is 0.150 e. The normalized spacial score (nSPS) is 28.3. The van der Waals surface area contributed by atoms with E-state index in [-0.39, 0.29) is 12.5 Å². The fraction of sp³-hybridized carbons (Fsp3) is 0.857. The molecule has 0 bridgehead atoms. The van der Waals surface area contributed by atoms with Gasteiger partial charge in [0.15, 0.2) is 0 Å². The highest BCUT2D eigenvalue weighted by molar-refractivity contribution is 5.09. The summed E-state index contributed by atoms with van der Waals surface area (Å²) in [7, 11) is 0. The Hall–Kier alpha value is -0.940. The van der Waals surface area contributed by atoms with Gasteiger partial charge in [0, 0.05) is 12.5 Å². The molecule has 0 aromatic carbocycles. The number of rotatable bonds is 3. The molecule has 1 aromatic rings. The summed E-state index contributed by atoms with van der Waals surface area (Å²) in [5.41, 5.74) is 0. The number of likely N-dealkylation sites (tertiary alicyclic amines) is 1. The molecule has 106 valence electrons. The maximum atomic E-state index is 9.46. The monoisotopic (exact) mass is 264 g/mol. The first-order valence-electron chi connectivity index (χ1n) is 7.63. The van der Waals surface area contributed by atoms with Gasteiger partial charge >= 0.3 is 0 Å². The number of hydrogen-bond donors (Lipinski definition) is 1. The lowest BCUT2D eigenvalue weighted by Crippen LogP contribution is -2.35. The van der Waals surface area contributed by atoms with E-state index in [1.54, 1.807) is 0 Å². The number of hydrogen-bond acceptors (Lipinski definition) is 4. The van der Waals surface area contributed by atoms with Crippen molar-refractivity contribution >= 4 is 0 Å². The third-order valence-corrected chi connectivity index (χ3v) is 4.65. The zero-order valence-electron chi connectivity index (χ0n) is 11.8. The van der Waals surface area contributed by atoms with E-state index >= 15 is 0 Å². The van der Waals surface area contributed by atoms with Gasteiger partial charge in [-0.05, 0) is 38.8 Å². The summed E-state index contributed by atoms with van der Waals surface area (Å²) in [5.74, 6) is 2.33. The molecule has 1 N–H and O–H groups in total. The summed E-state index contributed by atoms with van der Waals surface area (Å²) in [6, 6.07) is 0.428. The van der Waals surface area contributed by atoms with Crippen LogP contribution in [0.5, 0.6) is 0 Å². The molecule has 3 rings (SSSR count). The van der Waals surface area contributed by atoms with Crippen molar-refractivity contribution in [3.8, 4) is 0 Å². The number of nitrogens with zero attached hydrogens (tertiary/aromatic N) is 4. The molecule has 0 amide bonds. The molecule has 5 nitrogen and oxygen atoms in total. The molecule has 2 unspecified atom stereocenters. The van der Waals surface area contributed by atoms with Gasteiger partial charge in [-0.3, -0.25) is 4.90 Å². The van der Waals surface area contributed by atoms with Crippen LogP contribution < -0.4 is 0 Å². The van der Waals surface area contributed by atoms with Gasteiger partial charge in [0.2, 0.25) is 0 Å². The molecule has 0 saturated carbocycles. The van der Waals surface area contributed by atoms with Gasteiger partial charge in [0.1, 0.15) is 11.6 Å². The fourth-order valence-electron chi connectivity index (χ4n) is 3.57. The van der Waals surface area contributed by atoms with E-state index in [1.807, 2.05) is 0 Å². The lowest BCUT2D eigenvalue weighted by atomic mass is 9.98. The fourth-order valence-corrected chi connectivity index (χ4v) is 3.57. The highest BCUT2D eigenvalue weighted by atomic mass is 16.3. The second-order valence-electron chi connectivity index (χ2n) is 5.73. The second-order valence-corrected chi connectivity index (χ2v) is 5.73. The van der Waals surface area contributed by atoms with Gasteiger partial charge in [-0.25, -0.2) is 0 Å². The topological polar surface area (TPSA) is 54.2 Å². The minimum Gasteiger partial charge on any atom is -0.396 e. The van der Waals surface area contributed by atoms with Crippen LogP contribution in [0.25, 0.3) is 0 Å². The van der Waals surface area contributed by atoms with E-state index in [9.17, 15) is 5.11 Å². The van der Waals surface area contributed by atoms with Crippen LogP contribution in [0.1, 0.15) is 62.6 Å². The Kier molecular flexibility index (Phi) is 3.84. The molecule has 19 heavy (non-hydrogen) atoms. The molecule has 0 spiro atoms. The van der Waals surface area contributed by atoms with E-state index in [4.69, 9.17) is 0 Å². The SMILES string of the molecule is CCN1CCCCC1c1nnc2n1CCCC2CO. The molecule has 5 heteroatoms. The van der Waals surface area contributed by atoms with Crippen LogP contribution in [-0.4, -0.2) is 44.5 Å². The molecule has 0 radical (unpaired) electrons. The predicted molar refractivity (Wildman–Crippen MR) is 72.9 cm³/mol. The number of aromatic nitrogens is 3. The van der Waals surface area contributed by atoms with Crippen LogP contribution >= 0.6 is 0 Å². The van der Waals surface area contributed by atoms with E-state index in [2.05, 4.69) is 26.6 Å². The molecule has 3 heterocycles. The van der Waals surface area contributed by atoms with Gasteiger partial charge in [-0.2, -0.15) is 0 Å². The van der Waals surface area contributed by atoms with Crippen LogP contribution in [0.15, 0.2) is 0 Å². The molecular formula is C14H24N4O. The van der Waals surface area contributed by atoms with E-state index in [0.717, 1.165) is 37.6 Å². The molecule has 2 aliphatic heterocycles. The van der Waals surface area contributed by atoms with E-state index in [1.165, 1.54) is 25.8 Å². The summed E-state index contributed by atoms with van der Waals surface area (Å²) >= 11 is 0. The third-order valence-electron chi connectivity index (χ3n) is 4.65. The van der Waals surface area contributed by atoms with Gasteiger partial charge in [0.05, 0.1) is 12.6 Å². The lowest BCUT2D eigenvalue weighted by molar-refractivity contribution is 0.144. The largest absolute Gasteiger partial charge is 0.396 e. The van der Waals surface area contributed by atoms with Crippen LogP contribution in [0.3, 0.4) is 0 Å².